The average Bonchev–Trinajstić information content (AvgIpc) is 3.21. The Hall–Kier alpha value is -3.03. The Bertz CT molecular complexity index is 1260. The van der Waals surface area contributed by atoms with E-state index < -0.39 is 10.0 Å². The van der Waals surface area contributed by atoms with Gasteiger partial charge in [-0.1, -0.05) is 47.5 Å². The first-order valence-corrected chi connectivity index (χ1v) is 12.7. The molecule has 0 aromatic heterocycles. The summed E-state index contributed by atoms with van der Waals surface area (Å²) in [5.41, 5.74) is 4.22. The lowest BCUT2D eigenvalue weighted by Gasteiger charge is -2.19. The number of benzene rings is 3. The number of nitrogens with zero attached hydrogens (tertiary/aromatic N) is 1. The van der Waals surface area contributed by atoms with Gasteiger partial charge < -0.3 is 10.2 Å². The van der Waals surface area contributed by atoms with Crippen LogP contribution in [0.5, 0.6) is 0 Å². The van der Waals surface area contributed by atoms with Gasteiger partial charge in [-0.3, -0.25) is 9.52 Å². The molecule has 1 heterocycles. The van der Waals surface area contributed by atoms with Gasteiger partial charge in [0.15, 0.2) is 0 Å². The lowest BCUT2D eigenvalue weighted by molar-refractivity contribution is 0.0953. The molecule has 6 nitrogen and oxygen atoms in total. The molecule has 8 heteroatoms. The highest BCUT2D eigenvalue weighted by molar-refractivity contribution is 7.92. The first-order valence-electron chi connectivity index (χ1n) is 10.8. The lowest BCUT2D eigenvalue weighted by atomic mass is 10.2. The first-order chi connectivity index (χ1) is 15.8. The Morgan fingerprint density at radius 1 is 1.06 bits per heavy atom. The lowest BCUT2D eigenvalue weighted by Crippen LogP contribution is -2.29. The molecule has 3 aromatic carbocycles. The van der Waals surface area contributed by atoms with Crippen molar-refractivity contribution in [3.05, 3.63) is 88.4 Å². The number of sulfonamides is 1. The highest BCUT2D eigenvalue weighted by atomic mass is 35.5. The van der Waals surface area contributed by atoms with Crippen LogP contribution in [0.3, 0.4) is 0 Å². The molecular weight excluding hydrogens is 458 g/mol. The van der Waals surface area contributed by atoms with Gasteiger partial charge in [0.1, 0.15) is 0 Å². The summed E-state index contributed by atoms with van der Waals surface area (Å²) in [6.07, 6.45) is 1.88. The van der Waals surface area contributed by atoms with Crippen molar-refractivity contribution in [1.29, 1.82) is 0 Å². The third kappa shape index (κ3) is 5.49. The van der Waals surface area contributed by atoms with Crippen molar-refractivity contribution in [3.63, 3.8) is 0 Å². The third-order valence-electron chi connectivity index (χ3n) is 5.68. The molecule has 1 aliphatic heterocycles. The van der Waals surface area contributed by atoms with Crippen LogP contribution in [0.2, 0.25) is 5.02 Å². The molecule has 3 aromatic rings. The van der Waals surface area contributed by atoms with Crippen LogP contribution < -0.4 is 14.9 Å². The van der Waals surface area contributed by atoms with E-state index in [1.54, 1.807) is 18.2 Å². The van der Waals surface area contributed by atoms with E-state index in [9.17, 15) is 13.2 Å². The minimum absolute atomic E-state index is 0.145. The molecule has 0 saturated heterocycles. The van der Waals surface area contributed by atoms with Crippen LogP contribution >= 0.6 is 11.6 Å². The van der Waals surface area contributed by atoms with E-state index in [2.05, 4.69) is 33.1 Å². The molecule has 0 bridgehead atoms. The standard InChI is InChI=1S/C25H26ClN3O3S/c1-18-7-10-21(11-8-18)33(31,32)28-23-12-9-20(17-22(23)26)25(30)27-14-4-15-29-16-13-19-5-2-3-6-24(19)29/h2-3,5-12,17,28H,4,13-16H2,1H3,(H,27,30). The monoisotopic (exact) mass is 483 g/mol. The van der Waals surface area contributed by atoms with Crippen molar-refractivity contribution in [2.75, 3.05) is 29.3 Å². The average molecular weight is 484 g/mol. The Balaban J connectivity index is 1.31. The van der Waals surface area contributed by atoms with Crippen molar-refractivity contribution in [3.8, 4) is 0 Å². The Morgan fingerprint density at radius 2 is 1.82 bits per heavy atom. The summed E-state index contributed by atoms with van der Waals surface area (Å²) >= 11 is 6.27. The number of fused-ring (bicyclic) bond motifs is 1. The number of aryl methyl sites for hydroxylation is 1. The van der Waals surface area contributed by atoms with Crippen LogP contribution in [-0.2, 0) is 16.4 Å². The summed E-state index contributed by atoms with van der Waals surface area (Å²) < 4.78 is 27.7. The van der Waals surface area contributed by atoms with Crippen molar-refractivity contribution in [2.24, 2.45) is 0 Å². The normalized spacial score (nSPS) is 13.0. The number of rotatable bonds is 8. The Kier molecular flexibility index (Phi) is 6.91. The first kappa shape index (κ1) is 23.1. The summed E-state index contributed by atoms with van der Waals surface area (Å²) in [6.45, 7) is 4.30. The molecule has 1 amide bonds. The fourth-order valence-corrected chi connectivity index (χ4v) is 5.24. The summed E-state index contributed by atoms with van der Waals surface area (Å²) in [5.74, 6) is -0.244. The van der Waals surface area contributed by atoms with E-state index >= 15 is 0 Å². The molecule has 0 spiro atoms. The smallest absolute Gasteiger partial charge is 0.261 e. The molecule has 0 radical (unpaired) electrons. The number of carbonyl (C=O) groups is 1. The number of carbonyl (C=O) groups excluding carboxylic acids is 1. The number of hydrogen-bond donors (Lipinski definition) is 2. The second-order valence-corrected chi connectivity index (χ2v) is 10.2. The molecule has 0 saturated carbocycles. The summed E-state index contributed by atoms with van der Waals surface area (Å²) in [5, 5.41) is 3.07. The van der Waals surface area contributed by atoms with Gasteiger partial charge in [-0.05, 0) is 61.7 Å². The van der Waals surface area contributed by atoms with Gasteiger partial charge in [-0.15, -0.1) is 0 Å². The molecule has 0 fully saturated rings. The van der Waals surface area contributed by atoms with Crippen molar-refractivity contribution in [1.82, 2.24) is 5.32 Å². The van der Waals surface area contributed by atoms with Crippen LogP contribution in [0.4, 0.5) is 11.4 Å². The second kappa shape index (κ2) is 9.85. The molecule has 33 heavy (non-hydrogen) atoms. The third-order valence-corrected chi connectivity index (χ3v) is 7.37. The Labute approximate surface area is 199 Å². The predicted molar refractivity (Wildman–Crippen MR) is 133 cm³/mol. The van der Waals surface area contributed by atoms with Crippen molar-refractivity contribution in [2.45, 2.75) is 24.7 Å². The summed E-state index contributed by atoms with van der Waals surface area (Å²) in [6, 6.07) is 19.5. The van der Waals surface area contributed by atoms with E-state index in [0.29, 0.717) is 12.1 Å². The maximum atomic E-state index is 12.6. The van der Waals surface area contributed by atoms with Gasteiger partial charge in [0.05, 0.1) is 15.6 Å². The van der Waals surface area contributed by atoms with E-state index in [0.717, 1.165) is 31.5 Å². The zero-order valence-electron chi connectivity index (χ0n) is 18.3. The van der Waals surface area contributed by atoms with Gasteiger partial charge >= 0.3 is 0 Å². The molecule has 172 valence electrons. The number of hydrogen-bond acceptors (Lipinski definition) is 4. The summed E-state index contributed by atoms with van der Waals surface area (Å²) in [4.78, 5) is 15.0. The largest absolute Gasteiger partial charge is 0.371 e. The molecule has 0 unspecified atom stereocenters. The second-order valence-electron chi connectivity index (χ2n) is 8.09. The van der Waals surface area contributed by atoms with Gasteiger partial charge in [-0.2, -0.15) is 0 Å². The SMILES string of the molecule is Cc1ccc(S(=O)(=O)Nc2ccc(C(=O)NCCCN3CCc4ccccc43)cc2Cl)cc1. The maximum Gasteiger partial charge on any atom is 0.261 e. The molecule has 2 N–H and O–H groups in total. The minimum atomic E-state index is -3.77. The number of halogens is 1. The van der Waals surface area contributed by atoms with Gasteiger partial charge in [0, 0.05) is 30.9 Å². The van der Waals surface area contributed by atoms with Gasteiger partial charge in [-0.25, -0.2) is 8.42 Å². The van der Waals surface area contributed by atoms with E-state index in [1.165, 1.54) is 35.5 Å². The van der Waals surface area contributed by atoms with Gasteiger partial charge in [0.25, 0.3) is 15.9 Å². The molecule has 0 aliphatic carbocycles. The highest BCUT2D eigenvalue weighted by Gasteiger charge is 2.18. The zero-order valence-corrected chi connectivity index (χ0v) is 19.9. The number of amides is 1. The van der Waals surface area contributed by atoms with Gasteiger partial charge in [0.2, 0.25) is 0 Å². The fourth-order valence-electron chi connectivity index (χ4n) is 3.87. The number of para-hydroxylation sites is 1. The molecular formula is C25H26ClN3O3S. The van der Waals surface area contributed by atoms with E-state index in [4.69, 9.17) is 11.6 Å². The van der Waals surface area contributed by atoms with E-state index in [1.807, 2.05) is 13.0 Å². The van der Waals surface area contributed by atoms with Crippen molar-refractivity contribution >= 4 is 38.9 Å². The molecule has 1 aliphatic rings. The fraction of sp³-hybridized carbons (Fsp3) is 0.240. The van der Waals surface area contributed by atoms with Crippen molar-refractivity contribution < 1.29 is 13.2 Å². The predicted octanol–water partition coefficient (Wildman–Crippen LogP) is 4.63. The zero-order chi connectivity index (χ0) is 23.4. The van der Waals surface area contributed by atoms with Crippen LogP contribution in [0.25, 0.3) is 0 Å². The summed E-state index contributed by atoms with van der Waals surface area (Å²) in [7, 11) is -3.77. The van der Waals surface area contributed by atoms with Crippen LogP contribution in [0, 0.1) is 6.92 Å². The minimum Gasteiger partial charge on any atom is -0.371 e. The maximum absolute atomic E-state index is 12.6. The highest BCUT2D eigenvalue weighted by Crippen LogP contribution is 2.28. The van der Waals surface area contributed by atoms with Crippen LogP contribution in [0.1, 0.15) is 27.9 Å². The van der Waals surface area contributed by atoms with Crippen LogP contribution in [0.15, 0.2) is 71.6 Å². The molecule has 4 rings (SSSR count). The number of anilines is 2. The Morgan fingerprint density at radius 3 is 2.58 bits per heavy atom. The van der Waals surface area contributed by atoms with Crippen LogP contribution in [-0.4, -0.2) is 34.0 Å². The van der Waals surface area contributed by atoms with E-state index in [-0.39, 0.29) is 21.5 Å². The topological polar surface area (TPSA) is 78.5 Å². The molecule has 0 atom stereocenters. The quantitative estimate of drug-likeness (QED) is 0.458. The number of nitrogens with one attached hydrogen (secondary N) is 2.